The lowest BCUT2D eigenvalue weighted by molar-refractivity contribution is 0.0745. The molecule has 0 N–H and O–H groups in total. The summed E-state index contributed by atoms with van der Waals surface area (Å²) < 4.78 is 0.994. The highest BCUT2D eigenvalue weighted by Crippen LogP contribution is 2.20. The topological polar surface area (TPSA) is 36.4 Å². The molecule has 22 heavy (non-hydrogen) atoms. The highest BCUT2D eigenvalue weighted by Gasteiger charge is 2.23. The number of nitrogens with zero attached hydrogens (tertiary/aromatic N) is 3. The summed E-state index contributed by atoms with van der Waals surface area (Å²) in [5, 5.41) is 0.495. The number of rotatable bonds is 2. The van der Waals surface area contributed by atoms with Crippen LogP contribution in [0.2, 0.25) is 5.15 Å². The van der Waals surface area contributed by atoms with Gasteiger partial charge in [-0.2, -0.15) is 0 Å². The second-order valence-electron chi connectivity index (χ2n) is 5.10. The van der Waals surface area contributed by atoms with E-state index >= 15 is 0 Å². The zero-order valence-electron chi connectivity index (χ0n) is 11.9. The summed E-state index contributed by atoms with van der Waals surface area (Å²) in [6, 6.07) is 11.5. The Kier molecular flexibility index (Phi) is 4.83. The van der Waals surface area contributed by atoms with Crippen LogP contribution in [-0.4, -0.2) is 42.0 Å². The Morgan fingerprint density at radius 3 is 2.55 bits per heavy atom. The van der Waals surface area contributed by atoms with Crippen LogP contribution in [0.25, 0.3) is 0 Å². The minimum absolute atomic E-state index is 0.109. The number of hydrogen-bond donors (Lipinski definition) is 0. The van der Waals surface area contributed by atoms with Crippen LogP contribution < -0.4 is 4.90 Å². The largest absolute Gasteiger partial charge is 0.368 e. The molecular formula is C16H15ClIN3O. The lowest BCUT2D eigenvalue weighted by atomic mass is 10.2. The number of pyridine rings is 1. The SMILES string of the molecule is O=C(c1ccccc1I)N1CCN(c2ccnc(Cl)c2)CC1. The van der Waals surface area contributed by atoms with E-state index in [0.29, 0.717) is 18.2 Å². The van der Waals surface area contributed by atoms with Crippen molar-refractivity contribution in [1.82, 2.24) is 9.88 Å². The summed E-state index contributed by atoms with van der Waals surface area (Å²) in [7, 11) is 0. The van der Waals surface area contributed by atoms with Gasteiger partial charge in [0.05, 0.1) is 5.56 Å². The van der Waals surface area contributed by atoms with E-state index in [2.05, 4.69) is 32.5 Å². The second kappa shape index (κ2) is 6.83. The number of amides is 1. The summed E-state index contributed by atoms with van der Waals surface area (Å²) in [5.74, 6) is 0.109. The summed E-state index contributed by atoms with van der Waals surface area (Å²) >= 11 is 8.15. The molecular weight excluding hydrogens is 413 g/mol. The summed E-state index contributed by atoms with van der Waals surface area (Å²) in [5.41, 5.74) is 1.84. The number of piperazine rings is 1. The first-order chi connectivity index (χ1) is 10.6. The van der Waals surface area contributed by atoms with E-state index in [-0.39, 0.29) is 5.91 Å². The minimum Gasteiger partial charge on any atom is -0.368 e. The summed E-state index contributed by atoms with van der Waals surface area (Å²) in [4.78, 5) is 20.7. The van der Waals surface area contributed by atoms with E-state index in [1.165, 1.54) is 0 Å². The molecule has 1 amide bonds. The molecule has 0 radical (unpaired) electrons. The number of halogens is 2. The standard InChI is InChI=1S/C16H15ClIN3O/c17-15-11-12(5-6-19-15)20-7-9-21(10-8-20)16(22)13-3-1-2-4-14(13)18/h1-6,11H,7-10H2. The van der Waals surface area contributed by atoms with Gasteiger partial charge in [0.2, 0.25) is 0 Å². The third-order valence-corrected chi connectivity index (χ3v) is 4.89. The molecule has 114 valence electrons. The third-order valence-electron chi connectivity index (χ3n) is 3.75. The third kappa shape index (κ3) is 3.35. The zero-order valence-corrected chi connectivity index (χ0v) is 14.8. The molecule has 1 aliphatic heterocycles. The van der Waals surface area contributed by atoms with Gasteiger partial charge in [0.15, 0.2) is 0 Å². The van der Waals surface area contributed by atoms with Gasteiger partial charge in [-0.3, -0.25) is 4.79 Å². The van der Waals surface area contributed by atoms with Gasteiger partial charge in [0.25, 0.3) is 5.91 Å². The van der Waals surface area contributed by atoms with Crippen LogP contribution in [0.1, 0.15) is 10.4 Å². The van der Waals surface area contributed by atoms with Gasteiger partial charge in [-0.15, -0.1) is 0 Å². The Labute approximate surface area is 148 Å². The second-order valence-corrected chi connectivity index (χ2v) is 6.65. The molecule has 6 heteroatoms. The number of aromatic nitrogens is 1. The van der Waals surface area contributed by atoms with E-state index in [1.807, 2.05) is 41.3 Å². The van der Waals surface area contributed by atoms with Crippen LogP contribution in [0.5, 0.6) is 0 Å². The van der Waals surface area contributed by atoms with Gasteiger partial charge >= 0.3 is 0 Å². The number of hydrogen-bond acceptors (Lipinski definition) is 3. The Morgan fingerprint density at radius 1 is 1.14 bits per heavy atom. The van der Waals surface area contributed by atoms with Crippen LogP contribution in [-0.2, 0) is 0 Å². The van der Waals surface area contributed by atoms with Crippen molar-refractivity contribution in [3.8, 4) is 0 Å². The maximum atomic E-state index is 12.6. The van der Waals surface area contributed by atoms with Crippen molar-refractivity contribution in [1.29, 1.82) is 0 Å². The average Bonchev–Trinajstić information content (AvgIpc) is 2.55. The maximum Gasteiger partial charge on any atom is 0.255 e. The van der Waals surface area contributed by atoms with Crippen molar-refractivity contribution in [3.63, 3.8) is 0 Å². The van der Waals surface area contributed by atoms with Gasteiger partial charge in [-0.1, -0.05) is 23.7 Å². The highest BCUT2D eigenvalue weighted by atomic mass is 127. The number of carbonyl (C=O) groups is 1. The molecule has 1 aromatic carbocycles. The molecule has 1 fully saturated rings. The number of anilines is 1. The molecule has 4 nitrogen and oxygen atoms in total. The molecule has 1 aliphatic rings. The number of benzene rings is 1. The molecule has 0 bridgehead atoms. The number of carbonyl (C=O) groups excluding carboxylic acids is 1. The Morgan fingerprint density at radius 2 is 1.86 bits per heavy atom. The smallest absolute Gasteiger partial charge is 0.255 e. The van der Waals surface area contributed by atoms with Crippen LogP contribution in [0.15, 0.2) is 42.6 Å². The molecule has 0 spiro atoms. The lowest BCUT2D eigenvalue weighted by Crippen LogP contribution is -2.49. The van der Waals surface area contributed by atoms with Gasteiger partial charge in [0.1, 0.15) is 5.15 Å². The maximum absolute atomic E-state index is 12.6. The summed E-state index contributed by atoms with van der Waals surface area (Å²) in [6.45, 7) is 3.03. The zero-order chi connectivity index (χ0) is 15.5. The fourth-order valence-electron chi connectivity index (χ4n) is 2.56. The van der Waals surface area contributed by atoms with Crippen LogP contribution in [0.3, 0.4) is 0 Å². The van der Waals surface area contributed by atoms with Gasteiger partial charge < -0.3 is 9.80 Å². The van der Waals surface area contributed by atoms with Crippen molar-refractivity contribution in [2.24, 2.45) is 0 Å². The monoisotopic (exact) mass is 427 g/mol. The Bertz CT molecular complexity index is 687. The van der Waals surface area contributed by atoms with E-state index in [9.17, 15) is 4.79 Å². The summed E-state index contributed by atoms with van der Waals surface area (Å²) in [6.07, 6.45) is 1.71. The van der Waals surface area contributed by atoms with Crippen molar-refractivity contribution in [3.05, 3.63) is 56.9 Å². The molecule has 0 aliphatic carbocycles. The molecule has 1 aromatic heterocycles. The average molecular weight is 428 g/mol. The van der Waals surface area contributed by atoms with Gasteiger partial charge in [-0.05, 0) is 46.9 Å². The normalized spacial score (nSPS) is 15.0. The molecule has 0 atom stereocenters. The van der Waals surface area contributed by atoms with Gasteiger partial charge in [0, 0.05) is 41.6 Å². The predicted octanol–water partition coefficient (Wildman–Crippen LogP) is 3.30. The molecule has 2 aromatic rings. The van der Waals surface area contributed by atoms with Crippen molar-refractivity contribution < 1.29 is 4.79 Å². The molecule has 2 heterocycles. The van der Waals surface area contributed by atoms with Crippen LogP contribution >= 0.6 is 34.2 Å². The fraction of sp³-hybridized carbons (Fsp3) is 0.250. The van der Waals surface area contributed by atoms with Crippen LogP contribution in [0.4, 0.5) is 5.69 Å². The molecule has 3 rings (SSSR count). The Hall–Kier alpha value is -1.34. The Balaban J connectivity index is 1.67. The van der Waals surface area contributed by atoms with Crippen molar-refractivity contribution in [2.45, 2.75) is 0 Å². The molecule has 0 unspecified atom stereocenters. The van der Waals surface area contributed by atoms with Crippen molar-refractivity contribution in [2.75, 3.05) is 31.1 Å². The van der Waals surface area contributed by atoms with E-state index < -0.39 is 0 Å². The van der Waals surface area contributed by atoms with Crippen molar-refractivity contribution >= 4 is 45.8 Å². The van der Waals surface area contributed by atoms with E-state index in [1.54, 1.807) is 6.20 Å². The van der Waals surface area contributed by atoms with E-state index in [0.717, 1.165) is 27.9 Å². The lowest BCUT2D eigenvalue weighted by Gasteiger charge is -2.36. The minimum atomic E-state index is 0.109. The first kappa shape index (κ1) is 15.6. The van der Waals surface area contributed by atoms with Gasteiger partial charge in [-0.25, -0.2) is 4.98 Å². The quantitative estimate of drug-likeness (QED) is 0.545. The first-order valence-electron chi connectivity index (χ1n) is 7.05. The fourth-order valence-corrected chi connectivity index (χ4v) is 3.35. The first-order valence-corrected chi connectivity index (χ1v) is 8.51. The predicted molar refractivity (Wildman–Crippen MR) is 96.5 cm³/mol. The van der Waals surface area contributed by atoms with E-state index in [4.69, 9.17) is 11.6 Å². The van der Waals surface area contributed by atoms with Crippen LogP contribution in [0, 0.1) is 3.57 Å². The molecule has 1 saturated heterocycles. The molecule has 0 saturated carbocycles. The highest BCUT2D eigenvalue weighted by molar-refractivity contribution is 14.1.